The zero-order valence-electron chi connectivity index (χ0n) is 13.7. The van der Waals surface area contributed by atoms with Crippen LogP contribution in [0, 0.1) is 0 Å². The molecule has 1 saturated heterocycles. The van der Waals surface area contributed by atoms with Gasteiger partial charge in [0, 0.05) is 32.5 Å². The van der Waals surface area contributed by atoms with Crippen LogP contribution in [0.4, 0.5) is 11.8 Å². The Morgan fingerprint density at radius 1 is 1.30 bits per heavy atom. The Kier molecular flexibility index (Phi) is 4.71. The van der Waals surface area contributed by atoms with Crippen LogP contribution in [0.25, 0.3) is 0 Å². The second-order valence-corrected chi connectivity index (χ2v) is 5.97. The number of anilines is 2. The van der Waals surface area contributed by atoms with E-state index in [4.69, 9.17) is 0 Å². The van der Waals surface area contributed by atoms with E-state index in [-0.39, 0.29) is 6.10 Å². The van der Waals surface area contributed by atoms with Crippen molar-refractivity contribution >= 4 is 11.8 Å². The number of aliphatic hydroxyl groups excluding tert-OH is 1. The molecule has 3 rings (SSSR count). The Balaban J connectivity index is 1.70. The molecule has 122 valence electrons. The molecule has 2 aromatic rings. The van der Waals surface area contributed by atoms with E-state index in [1.807, 2.05) is 24.2 Å². The van der Waals surface area contributed by atoms with Crippen molar-refractivity contribution in [2.24, 2.45) is 0 Å². The summed E-state index contributed by atoms with van der Waals surface area (Å²) in [5, 5.41) is 9.67. The number of rotatable bonds is 5. The molecule has 0 unspecified atom stereocenters. The molecule has 23 heavy (non-hydrogen) atoms. The molecule has 1 aliphatic rings. The lowest BCUT2D eigenvalue weighted by Crippen LogP contribution is -2.24. The van der Waals surface area contributed by atoms with Gasteiger partial charge in [0.15, 0.2) is 0 Å². The molecule has 0 bridgehead atoms. The first-order valence-electron chi connectivity index (χ1n) is 8.06. The third kappa shape index (κ3) is 3.76. The van der Waals surface area contributed by atoms with Crippen LogP contribution in [-0.2, 0) is 13.0 Å². The molecular weight excluding hydrogens is 290 g/mol. The van der Waals surface area contributed by atoms with Crippen LogP contribution < -0.4 is 9.80 Å². The Bertz CT molecular complexity index is 646. The van der Waals surface area contributed by atoms with Gasteiger partial charge in [-0.3, -0.25) is 4.98 Å². The summed E-state index contributed by atoms with van der Waals surface area (Å²) in [4.78, 5) is 17.5. The summed E-state index contributed by atoms with van der Waals surface area (Å²) in [5.41, 5.74) is 2.23. The molecule has 0 radical (unpaired) electrons. The summed E-state index contributed by atoms with van der Waals surface area (Å²) in [7, 11) is 1.97. The molecule has 3 heterocycles. The number of aryl methyl sites for hydroxylation is 1. The Morgan fingerprint density at radius 3 is 2.83 bits per heavy atom. The van der Waals surface area contributed by atoms with E-state index in [2.05, 4.69) is 38.9 Å². The SMILES string of the molecule is CCc1ccc(CN(C)c2nccc(N3CC[C@@H](O)C3)n2)nc1. The van der Waals surface area contributed by atoms with Crippen LogP contribution in [0.15, 0.2) is 30.6 Å². The normalized spacial score (nSPS) is 17.5. The van der Waals surface area contributed by atoms with Gasteiger partial charge in [-0.05, 0) is 30.5 Å². The molecule has 1 N–H and O–H groups in total. The van der Waals surface area contributed by atoms with Gasteiger partial charge in [-0.15, -0.1) is 0 Å². The molecule has 6 heteroatoms. The third-order valence-corrected chi connectivity index (χ3v) is 4.15. The molecule has 0 amide bonds. The number of aromatic nitrogens is 3. The van der Waals surface area contributed by atoms with E-state index in [0.717, 1.165) is 30.9 Å². The van der Waals surface area contributed by atoms with Gasteiger partial charge in [-0.2, -0.15) is 4.98 Å². The summed E-state index contributed by atoms with van der Waals surface area (Å²) < 4.78 is 0. The fourth-order valence-electron chi connectivity index (χ4n) is 2.72. The first kappa shape index (κ1) is 15.7. The maximum absolute atomic E-state index is 9.67. The van der Waals surface area contributed by atoms with Crippen LogP contribution in [0.3, 0.4) is 0 Å². The zero-order valence-corrected chi connectivity index (χ0v) is 13.7. The number of hydrogen-bond acceptors (Lipinski definition) is 6. The molecule has 1 fully saturated rings. The van der Waals surface area contributed by atoms with Crippen molar-refractivity contribution in [2.45, 2.75) is 32.4 Å². The van der Waals surface area contributed by atoms with Crippen LogP contribution >= 0.6 is 0 Å². The summed E-state index contributed by atoms with van der Waals surface area (Å²) in [6.07, 6.45) is 5.23. The van der Waals surface area contributed by atoms with Gasteiger partial charge in [0.25, 0.3) is 0 Å². The third-order valence-electron chi connectivity index (χ3n) is 4.15. The topological polar surface area (TPSA) is 65.4 Å². The van der Waals surface area contributed by atoms with E-state index in [9.17, 15) is 5.11 Å². The lowest BCUT2D eigenvalue weighted by molar-refractivity contribution is 0.198. The molecule has 6 nitrogen and oxygen atoms in total. The predicted octanol–water partition coefficient (Wildman–Crippen LogP) is 1.64. The van der Waals surface area contributed by atoms with Gasteiger partial charge in [0.2, 0.25) is 5.95 Å². The molecular formula is C17H23N5O. The maximum atomic E-state index is 9.67. The summed E-state index contributed by atoms with van der Waals surface area (Å²) >= 11 is 0. The Morgan fingerprint density at radius 2 is 2.17 bits per heavy atom. The highest BCUT2D eigenvalue weighted by molar-refractivity contribution is 5.44. The number of aliphatic hydroxyl groups is 1. The van der Waals surface area contributed by atoms with Crippen molar-refractivity contribution in [3.8, 4) is 0 Å². The maximum Gasteiger partial charge on any atom is 0.227 e. The second kappa shape index (κ2) is 6.91. The lowest BCUT2D eigenvalue weighted by Gasteiger charge is -2.20. The average molecular weight is 313 g/mol. The molecule has 2 aromatic heterocycles. The van der Waals surface area contributed by atoms with E-state index < -0.39 is 0 Å². The monoisotopic (exact) mass is 313 g/mol. The zero-order chi connectivity index (χ0) is 16.2. The Hall–Kier alpha value is -2.21. The van der Waals surface area contributed by atoms with Crippen LogP contribution in [0.5, 0.6) is 0 Å². The van der Waals surface area contributed by atoms with Gasteiger partial charge in [0.05, 0.1) is 18.3 Å². The number of hydrogen-bond donors (Lipinski definition) is 1. The molecule has 0 aromatic carbocycles. The van der Waals surface area contributed by atoms with Gasteiger partial charge in [0.1, 0.15) is 5.82 Å². The first-order chi connectivity index (χ1) is 11.2. The highest BCUT2D eigenvalue weighted by atomic mass is 16.3. The van der Waals surface area contributed by atoms with E-state index in [1.165, 1.54) is 5.56 Å². The number of nitrogens with zero attached hydrogens (tertiary/aromatic N) is 5. The van der Waals surface area contributed by atoms with Crippen molar-refractivity contribution in [1.82, 2.24) is 15.0 Å². The standard InChI is InChI=1S/C17H23N5O/c1-3-13-4-5-14(19-10-13)11-21(2)17-18-8-6-16(20-17)22-9-7-15(23)12-22/h4-6,8,10,15,23H,3,7,9,11-12H2,1-2H3/t15-/m1/s1. The van der Waals surface area contributed by atoms with Gasteiger partial charge >= 0.3 is 0 Å². The van der Waals surface area contributed by atoms with Gasteiger partial charge in [-0.25, -0.2) is 4.98 Å². The molecule has 0 spiro atoms. The van der Waals surface area contributed by atoms with Crippen molar-refractivity contribution in [3.05, 3.63) is 41.9 Å². The smallest absolute Gasteiger partial charge is 0.227 e. The number of pyridine rings is 1. The minimum absolute atomic E-state index is 0.257. The van der Waals surface area contributed by atoms with Gasteiger partial charge < -0.3 is 14.9 Å². The van der Waals surface area contributed by atoms with Crippen molar-refractivity contribution in [2.75, 3.05) is 29.9 Å². The molecule has 0 aliphatic carbocycles. The largest absolute Gasteiger partial charge is 0.391 e. The van der Waals surface area contributed by atoms with Crippen LogP contribution in [-0.4, -0.2) is 46.3 Å². The van der Waals surface area contributed by atoms with Crippen molar-refractivity contribution in [3.63, 3.8) is 0 Å². The predicted molar refractivity (Wildman–Crippen MR) is 90.6 cm³/mol. The van der Waals surface area contributed by atoms with E-state index in [1.54, 1.807) is 6.20 Å². The quantitative estimate of drug-likeness (QED) is 0.905. The fraction of sp³-hybridized carbons (Fsp3) is 0.471. The summed E-state index contributed by atoms with van der Waals surface area (Å²) in [6, 6.07) is 6.05. The summed E-state index contributed by atoms with van der Waals surface area (Å²) in [6.45, 7) is 4.26. The van der Waals surface area contributed by atoms with Gasteiger partial charge in [-0.1, -0.05) is 13.0 Å². The second-order valence-electron chi connectivity index (χ2n) is 5.97. The summed E-state index contributed by atoms with van der Waals surface area (Å²) in [5.74, 6) is 1.54. The first-order valence-corrected chi connectivity index (χ1v) is 8.06. The van der Waals surface area contributed by atoms with Crippen LogP contribution in [0.1, 0.15) is 24.6 Å². The van der Waals surface area contributed by atoms with Crippen molar-refractivity contribution < 1.29 is 5.11 Å². The minimum atomic E-state index is -0.257. The average Bonchev–Trinajstić information content (AvgIpc) is 3.02. The Labute approximate surface area is 136 Å². The molecule has 1 atom stereocenters. The van der Waals surface area contributed by atoms with Crippen LogP contribution in [0.2, 0.25) is 0 Å². The van der Waals surface area contributed by atoms with E-state index >= 15 is 0 Å². The lowest BCUT2D eigenvalue weighted by atomic mass is 10.2. The highest BCUT2D eigenvalue weighted by Gasteiger charge is 2.22. The minimum Gasteiger partial charge on any atom is -0.391 e. The molecule has 0 saturated carbocycles. The van der Waals surface area contributed by atoms with Crippen molar-refractivity contribution in [1.29, 1.82) is 0 Å². The van der Waals surface area contributed by atoms with E-state index in [0.29, 0.717) is 19.0 Å². The highest BCUT2D eigenvalue weighted by Crippen LogP contribution is 2.20. The molecule has 1 aliphatic heterocycles. The fourth-order valence-corrected chi connectivity index (χ4v) is 2.72. The number of β-amino-alcohol motifs (C(OH)–C–C–N with tert-alkyl or cyclic N) is 1.